The molecule has 2 aromatic heterocycles. The van der Waals surface area contributed by atoms with Gasteiger partial charge in [0.15, 0.2) is 16.6 Å². The Morgan fingerprint density at radius 1 is 1.13 bits per heavy atom. The monoisotopic (exact) mass is 441 g/mol. The second-order valence-corrected chi connectivity index (χ2v) is 8.74. The second kappa shape index (κ2) is 9.11. The van der Waals surface area contributed by atoms with Gasteiger partial charge >= 0.3 is 11.7 Å². The van der Waals surface area contributed by atoms with Gasteiger partial charge in [-0.05, 0) is 19.0 Å². The van der Waals surface area contributed by atoms with Crippen molar-refractivity contribution in [2.45, 2.75) is 25.0 Å². The van der Waals surface area contributed by atoms with Crippen LogP contribution in [-0.4, -0.2) is 73.9 Å². The van der Waals surface area contributed by atoms with E-state index in [4.69, 9.17) is 5.73 Å². The Bertz CT molecular complexity index is 1130. The first-order chi connectivity index (χ1) is 15.0. The van der Waals surface area contributed by atoms with Crippen LogP contribution in [0.15, 0.2) is 40.3 Å². The number of anilines is 1. The minimum atomic E-state index is -0.443. The number of nitrogens with two attached hydrogens (primary N) is 1. The first-order valence-corrected chi connectivity index (χ1v) is 11.4. The van der Waals surface area contributed by atoms with Gasteiger partial charge in [-0.25, -0.2) is 24.1 Å². The minimum absolute atomic E-state index is 0.148. The number of nitrogens with zero attached hydrogens (tertiary/aromatic N) is 6. The predicted molar refractivity (Wildman–Crippen MR) is 123 cm³/mol. The Hall–Kier alpha value is -2.85. The zero-order valence-corrected chi connectivity index (χ0v) is 18.6. The summed E-state index contributed by atoms with van der Waals surface area (Å²) in [6.45, 7) is 5.00. The maximum atomic E-state index is 13.5. The van der Waals surface area contributed by atoms with Crippen LogP contribution in [0.4, 0.5) is 10.6 Å². The number of hydrogen-bond acceptors (Lipinski definition) is 7. The van der Waals surface area contributed by atoms with Crippen LogP contribution in [0.3, 0.4) is 0 Å². The third-order valence-electron chi connectivity index (χ3n) is 5.36. The summed E-state index contributed by atoms with van der Waals surface area (Å²) in [5, 5.41) is 0.512. The van der Waals surface area contributed by atoms with E-state index in [-0.39, 0.29) is 17.4 Å². The quantitative estimate of drug-likeness (QED) is 0.477. The molecule has 0 bridgehead atoms. The van der Waals surface area contributed by atoms with Crippen molar-refractivity contribution in [1.82, 2.24) is 28.9 Å². The van der Waals surface area contributed by atoms with Gasteiger partial charge in [-0.2, -0.15) is 0 Å². The molecular weight excluding hydrogens is 414 g/mol. The third-order valence-corrected chi connectivity index (χ3v) is 6.41. The molecule has 0 spiro atoms. The summed E-state index contributed by atoms with van der Waals surface area (Å²) in [5.74, 6) is 0.990. The molecule has 31 heavy (non-hydrogen) atoms. The molecule has 10 heteroatoms. The second-order valence-electron chi connectivity index (χ2n) is 7.67. The Morgan fingerprint density at radius 2 is 1.84 bits per heavy atom. The number of likely N-dealkylation sites (N-methyl/N-ethyl adjacent to an activating group) is 1. The third kappa shape index (κ3) is 4.31. The van der Waals surface area contributed by atoms with Crippen LogP contribution in [0, 0.1) is 0 Å². The number of amides is 1. The van der Waals surface area contributed by atoms with E-state index in [1.54, 1.807) is 4.90 Å². The van der Waals surface area contributed by atoms with Gasteiger partial charge in [-0.3, -0.25) is 4.57 Å². The SMILES string of the molecule is CCCSc1nc(N)c2c(n1)n(Cc1ccccc1)c(=O)n2C(=O)N1CCN(C)CC1. The van der Waals surface area contributed by atoms with Gasteiger partial charge in [0.2, 0.25) is 0 Å². The molecule has 0 atom stereocenters. The van der Waals surface area contributed by atoms with Crippen molar-refractivity contribution in [3.63, 3.8) is 0 Å². The van der Waals surface area contributed by atoms with Crippen molar-refractivity contribution in [3.05, 3.63) is 46.4 Å². The number of thioether (sulfide) groups is 1. The van der Waals surface area contributed by atoms with Crippen molar-refractivity contribution in [3.8, 4) is 0 Å². The number of nitrogen functional groups attached to an aromatic ring is 1. The number of carbonyl (C=O) groups is 1. The van der Waals surface area contributed by atoms with E-state index in [1.165, 1.54) is 16.3 Å². The molecule has 1 saturated heterocycles. The molecule has 164 valence electrons. The van der Waals surface area contributed by atoms with Crippen LogP contribution in [0.1, 0.15) is 18.9 Å². The van der Waals surface area contributed by atoms with Gasteiger partial charge in [-0.15, -0.1) is 0 Å². The first kappa shape index (κ1) is 21.4. The van der Waals surface area contributed by atoms with E-state index in [0.717, 1.165) is 35.4 Å². The maximum absolute atomic E-state index is 13.5. The van der Waals surface area contributed by atoms with Crippen LogP contribution < -0.4 is 11.4 Å². The van der Waals surface area contributed by atoms with Crippen LogP contribution in [0.25, 0.3) is 11.2 Å². The lowest BCUT2D eigenvalue weighted by molar-refractivity contribution is 0.155. The largest absolute Gasteiger partial charge is 0.382 e. The summed E-state index contributed by atoms with van der Waals surface area (Å²) >= 11 is 1.49. The van der Waals surface area contributed by atoms with Gasteiger partial charge in [0.05, 0.1) is 6.54 Å². The zero-order valence-electron chi connectivity index (χ0n) is 17.8. The Kier molecular flexibility index (Phi) is 6.28. The van der Waals surface area contributed by atoms with Crippen LogP contribution in [-0.2, 0) is 6.54 Å². The van der Waals surface area contributed by atoms with E-state index in [2.05, 4.69) is 21.8 Å². The molecule has 0 saturated carbocycles. The molecule has 3 aromatic rings. The summed E-state index contributed by atoms with van der Waals surface area (Å²) in [7, 11) is 2.01. The lowest BCUT2D eigenvalue weighted by Gasteiger charge is -2.32. The van der Waals surface area contributed by atoms with E-state index < -0.39 is 5.69 Å². The van der Waals surface area contributed by atoms with Crippen molar-refractivity contribution in [1.29, 1.82) is 0 Å². The van der Waals surface area contributed by atoms with Crippen molar-refractivity contribution >= 4 is 34.8 Å². The molecule has 1 aliphatic heterocycles. The van der Waals surface area contributed by atoms with Gasteiger partial charge in [-0.1, -0.05) is 49.0 Å². The lowest BCUT2D eigenvalue weighted by Crippen LogP contribution is -2.50. The van der Waals surface area contributed by atoms with Crippen molar-refractivity contribution in [2.75, 3.05) is 44.7 Å². The molecule has 4 rings (SSSR count). The molecule has 1 fully saturated rings. The standard InChI is InChI=1S/C21H27N7O2S/c1-3-13-31-19-23-17(22)16-18(24-19)27(14-15-7-5-4-6-8-15)21(30)28(16)20(29)26-11-9-25(2)10-12-26/h4-8H,3,9-14H2,1-2H3,(H2,22,23,24). The number of benzene rings is 1. The highest BCUT2D eigenvalue weighted by molar-refractivity contribution is 7.99. The molecule has 0 aliphatic carbocycles. The summed E-state index contributed by atoms with van der Waals surface area (Å²) in [6.07, 6.45) is 0.964. The fourth-order valence-electron chi connectivity index (χ4n) is 3.63. The Balaban J connectivity index is 1.84. The Morgan fingerprint density at radius 3 is 2.52 bits per heavy atom. The molecule has 3 heterocycles. The highest BCUT2D eigenvalue weighted by Gasteiger charge is 2.28. The highest BCUT2D eigenvalue weighted by Crippen LogP contribution is 2.24. The normalized spacial score (nSPS) is 15.0. The summed E-state index contributed by atoms with van der Waals surface area (Å²) < 4.78 is 2.67. The summed E-state index contributed by atoms with van der Waals surface area (Å²) in [6, 6.07) is 9.26. The van der Waals surface area contributed by atoms with Crippen LogP contribution in [0.2, 0.25) is 0 Å². The average molecular weight is 442 g/mol. The molecule has 9 nitrogen and oxygen atoms in total. The fourth-order valence-corrected chi connectivity index (χ4v) is 4.33. The molecule has 0 radical (unpaired) electrons. The maximum Gasteiger partial charge on any atom is 0.339 e. The number of rotatable bonds is 5. The summed E-state index contributed by atoms with van der Waals surface area (Å²) in [5.41, 5.74) is 7.45. The molecular formula is C21H27N7O2S. The van der Waals surface area contributed by atoms with Crippen LogP contribution >= 0.6 is 11.8 Å². The number of hydrogen-bond donors (Lipinski definition) is 1. The van der Waals surface area contributed by atoms with Gasteiger partial charge in [0, 0.05) is 31.9 Å². The van der Waals surface area contributed by atoms with Gasteiger partial charge in [0.25, 0.3) is 0 Å². The molecule has 1 amide bonds. The van der Waals surface area contributed by atoms with Gasteiger partial charge in [0.1, 0.15) is 5.52 Å². The molecule has 1 aliphatic rings. The number of carbonyl (C=O) groups excluding carboxylic acids is 1. The first-order valence-electron chi connectivity index (χ1n) is 10.4. The van der Waals surface area contributed by atoms with Gasteiger partial charge < -0.3 is 15.5 Å². The van der Waals surface area contributed by atoms with E-state index >= 15 is 0 Å². The van der Waals surface area contributed by atoms with Crippen molar-refractivity contribution in [2.24, 2.45) is 0 Å². The average Bonchev–Trinajstić information content (AvgIpc) is 3.05. The lowest BCUT2D eigenvalue weighted by atomic mass is 10.2. The van der Waals surface area contributed by atoms with Crippen molar-refractivity contribution < 1.29 is 4.79 Å². The minimum Gasteiger partial charge on any atom is -0.382 e. The number of piperazine rings is 1. The van der Waals surface area contributed by atoms with E-state index in [0.29, 0.717) is 30.4 Å². The molecule has 2 N–H and O–H groups in total. The van der Waals surface area contributed by atoms with E-state index in [9.17, 15) is 9.59 Å². The number of fused-ring (bicyclic) bond motifs is 1. The van der Waals surface area contributed by atoms with Crippen LogP contribution in [0.5, 0.6) is 0 Å². The number of aromatic nitrogens is 4. The fraction of sp³-hybridized carbons (Fsp3) is 0.429. The summed E-state index contributed by atoms with van der Waals surface area (Å²) in [4.78, 5) is 39.7. The molecule has 1 aromatic carbocycles. The number of imidazole rings is 1. The zero-order chi connectivity index (χ0) is 22.0. The molecule has 0 unspecified atom stereocenters. The highest BCUT2D eigenvalue weighted by atomic mass is 32.2. The smallest absolute Gasteiger partial charge is 0.339 e. The topological polar surface area (TPSA) is 102 Å². The Labute approximate surface area is 184 Å². The van der Waals surface area contributed by atoms with E-state index in [1.807, 2.05) is 37.4 Å². The predicted octanol–water partition coefficient (Wildman–Crippen LogP) is 1.94.